The summed E-state index contributed by atoms with van der Waals surface area (Å²) in [5, 5.41) is 0. The van der Waals surface area contributed by atoms with Crippen LogP contribution in [0.2, 0.25) is 0 Å². The number of methoxy groups -OCH3 is 1. The van der Waals surface area contributed by atoms with Crippen molar-refractivity contribution in [3.05, 3.63) is 0 Å². The number of hydrogen-bond acceptors (Lipinski definition) is 9. The summed E-state index contributed by atoms with van der Waals surface area (Å²) in [5.74, 6) is -6.50. The highest BCUT2D eigenvalue weighted by atomic mass is 19.3. The second-order valence-electron chi connectivity index (χ2n) is 10.1. The third-order valence-electron chi connectivity index (χ3n) is 7.92. The molecule has 7 unspecified atom stereocenters. The van der Waals surface area contributed by atoms with Gasteiger partial charge in [-0.15, -0.1) is 0 Å². The zero-order chi connectivity index (χ0) is 22.5. The smallest absolute Gasteiger partial charge is 0.377 e. The number of carbonyl (C=O) groups is 2. The van der Waals surface area contributed by atoms with Crippen LogP contribution >= 0.6 is 0 Å². The first kappa shape index (κ1) is 21.2. The van der Waals surface area contributed by atoms with E-state index in [4.69, 9.17) is 33.2 Å². The Morgan fingerprint density at radius 3 is 2.50 bits per heavy atom. The number of alkyl halides is 2. The van der Waals surface area contributed by atoms with Crippen LogP contribution < -0.4 is 0 Å². The second kappa shape index (κ2) is 6.82. The first-order valence-electron chi connectivity index (χ1n) is 11.1. The first-order valence-corrected chi connectivity index (χ1v) is 11.1. The molecule has 32 heavy (non-hydrogen) atoms. The Labute approximate surface area is 182 Å². The summed E-state index contributed by atoms with van der Waals surface area (Å²) in [5.41, 5.74) is -0.912. The lowest BCUT2D eigenvalue weighted by molar-refractivity contribution is -0.344. The summed E-state index contributed by atoms with van der Waals surface area (Å²) >= 11 is 0. The summed E-state index contributed by atoms with van der Waals surface area (Å²) < 4.78 is 67.1. The maximum absolute atomic E-state index is 13.5. The van der Waals surface area contributed by atoms with Crippen LogP contribution in [-0.4, -0.2) is 73.9 Å². The number of rotatable bonds is 5. The molecule has 3 aliphatic heterocycles. The molecule has 0 aromatic rings. The lowest BCUT2D eigenvalue weighted by Gasteiger charge is -2.62. The van der Waals surface area contributed by atoms with Crippen LogP contribution in [0, 0.1) is 17.8 Å². The molecular formula is C21H26F2O9. The molecule has 11 heteroatoms. The van der Waals surface area contributed by atoms with Gasteiger partial charge in [0.15, 0.2) is 30.4 Å². The molecule has 0 N–H and O–H groups in total. The minimum absolute atomic E-state index is 0.0729. The molecule has 4 bridgehead atoms. The second-order valence-corrected chi connectivity index (χ2v) is 10.1. The van der Waals surface area contributed by atoms with Gasteiger partial charge in [0.1, 0.15) is 18.5 Å². The van der Waals surface area contributed by atoms with E-state index in [9.17, 15) is 18.4 Å². The van der Waals surface area contributed by atoms with E-state index in [0.717, 1.165) is 12.8 Å². The third-order valence-corrected chi connectivity index (χ3v) is 7.92. The largest absolute Gasteiger partial charge is 0.455 e. The van der Waals surface area contributed by atoms with Gasteiger partial charge in [-0.1, -0.05) is 0 Å². The van der Waals surface area contributed by atoms with Crippen molar-refractivity contribution in [1.82, 2.24) is 0 Å². The Bertz CT molecular complexity index is 813. The van der Waals surface area contributed by atoms with Gasteiger partial charge in [0.25, 0.3) is 0 Å². The van der Waals surface area contributed by atoms with E-state index in [2.05, 4.69) is 0 Å². The van der Waals surface area contributed by atoms with Gasteiger partial charge < -0.3 is 33.2 Å². The van der Waals surface area contributed by atoms with Gasteiger partial charge in [0.2, 0.25) is 0 Å². The number of halogens is 2. The molecule has 0 radical (unpaired) electrons. The minimum Gasteiger partial charge on any atom is -0.455 e. The first-order chi connectivity index (χ1) is 15.1. The van der Waals surface area contributed by atoms with E-state index in [-0.39, 0.29) is 24.5 Å². The molecule has 7 rings (SSSR count). The topological polar surface area (TPSA) is 98.8 Å². The lowest BCUT2D eigenvalue weighted by atomic mass is 9.51. The van der Waals surface area contributed by atoms with Gasteiger partial charge in [0, 0.05) is 25.9 Å². The van der Waals surface area contributed by atoms with Crippen LogP contribution in [0.1, 0.15) is 39.0 Å². The zero-order valence-corrected chi connectivity index (χ0v) is 17.8. The van der Waals surface area contributed by atoms with Crippen molar-refractivity contribution in [3.63, 3.8) is 0 Å². The maximum Gasteiger partial charge on any atom is 0.377 e. The van der Waals surface area contributed by atoms with Gasteiger partial charge in [-0.05, 0) is 38.0 Å². The highest BCUT2D eigenvalue weighted by Crippen LogP contribution is 2.65. The predicted octanol–water partition coefficient (Wildman–Crippen LogP) is 1.51. The van der Waals surface area contributed by atoms with Crippen molar-refractivity contribution in [2.24, 2.45) is 17.8 Å². The van der Waals surface area contributed by atoms with Crippen LogP contribution in [0.5, 0.6) is 0 Å². The number of carbonyl (C=O) groups excluding carboxylic acids is 2. The standard InChI is InChI=1S/C21H26F2O9/c1-19(22,23)18(25)32-20-5-9-3-10(6-20)21(11(4-9)7-20)30-15-13-12(29-17(15)31-21)14(16(24)28-13)27-8-26-2/h9-15,17H,3-8H2,1-2H3. The van der Waals surface area contributed by atoms with E-state index in [1.807, 2.05) is 0 Å². The van der Waals surface area contributed by atoms with Crippen molar-refractivity contribution in [3.8, 4) is 0 Å². The molecule has 7 aliphatic rings. The Morgan fingerprint density at radius 1 is 1.12 bits per heavy atom. The molecule has 178 valence electrons. The fourth-order valence-electron chi connectivity index (χ4n) is 6.96. The van der Waals surface area contributed by atoms with Gasteiger partial charge in [-0.3, -0.25) is 0 Å². The maximum atomic E-state index is 13.5. The van der Waals surface area contributed by atoms with Gasteiger partial charge in [-0.25, -0.2) is 9.59 Å². The number of hydrogen-bond donors (Lipinski definition) is 0. The molecule has 4 saturated carbocycles. The summed E-state index contributed by atoms with van der Waals surface area (Å²) in [6.45, 7) is 0.485. The zero-order valence-electron chi connectivity index (χ0n) is 17.8. The van der Waals surface area contributed by atoms with Crippen LogP contribution in [0.25, 0.3) is 0 Å². The Balaban J connectivity index is 1.20. The Kier molecular flexibility index (Phi) is 4.51. The van der Waals surface area contributed by atoms with Gasteiger partial charge >= 0.3 is 17.9 Å². The molecule has 7 atom stereocenters. The van der Waals surface area contributed by atoms with Crippen LogP contribution in [-0.2, 0) is 42.7 Å². The van der Waals surface area contributed by atoms with Gasteiger partial charge in [0.05, 0.1) is 0 Å². The predicted molar refractivity (Wildman–Crippen MR) is 97.0 cm³/mol. The number of ether oxygens (including phenoxy) is 7. The van der Waals surface area contributed by atoms with E-state index in [0.29, 0.717) is 26.2 Å². The number of fused-ring (bicyclic) bond motifs is 3. The SMILES string of the molecule is COCOC1C(=O)OC2C3OC4(OC3OC12)C1CC2CC4CC(OC(=O)C(C)(F)F)(C2)C1. The van der Waals surface area contributed by atoms with Gasteiger partial charge in [-0.2, -0.15) is 8.78 Å². The Morgan fingerprint density at radius 2 is 1.84 bits per heavy atom. The molecule has 4 aliphatic carbocycles. The molecule has 9 nitrogen and oxygen atoms in total. The van der Waals surface area contributed by atoms with Crippen LogP contribution in [0.3, 0.4) is 0 Å². The molecule has 3 saturated heterocycles. The fraction of sp³-hybridized carbons (Fsp3) is 0.905. The molecule has 0 aromatic heterocycles. The van der Waals surface area contributed by atoms with Crippen molar-refractivity contribution >= 4 is 11.9 Å². The average molecular weight is 460 g/mol. The van der Waals surface area contributed by atoms with Crippen LogP contribution in [0.4, 0.5) is 8.78 Å². The van der Waals surface area contributed by atoms with Crippen molar-refractivity contribution in [2.75, 3.05) is 13.9 Å². The molecule has 1 spiro atoms. The summed E-state index contributed by atoms with van der Waals surface area (Å²) in [6.07, 6.45) is -0.566. The molecular weight excluding hydrogens is 434 g/mol. The summed E-state index contributed by atoms with van der Waals surface area (Å²) in [4.78, 5) is 24.2. The number of esters is 2. The van der Waals surface area contributed by atoms with E-state index in [1.165, 1.54) is 7.11 Å². The van der Waals surface area contributed by atoms with Crippen molar-refractivity contribution < 1.29 is 51.5 Å². The van der Waals surface area contributed by atoms with E-state index >= 15 is 0 Å². The van der Waals surface area contributed by atoms with Crippen molar-refractivity contribution in [1.29, 1.82) is 0 Å². The third kappa shape index (κ3) is 2.91. The Hall–Kier alpha value is -1.40. The molecule has 3 heterocycles. The molecule has 0 aromatic carbocycles. The normalized spacial score (nSPS) is 50.6. The van der Waals surface area contributed by atoms with E-state index in [1.54, 1.807) is 0 Å². The highest BCUT2D eigenvalue weighted by molar-refractivity contribution is 5.78. The minimum atomic E-state index is -3.53. The summed E-state index contributed by atoms with van der Waals surface area (Å²) in [7, 11) is 1.45. The van der Waals surface area contributed by atoms with Crippen LogP contribution in [0.15, 0.2) is 0 Å². The van der Waals surface area contributed by atoms with E-state index < -0.39 is 60.0 Å². The fourth-order valence-corrected chi connectivity index (χ4v) is 6.96. The monoisotopic (exact) mass is 460 g/mol. The lowest BCUT2D eigenvalue weighted by Crippen LogP contribution is -2.66. The van der Waals surface area contributed by atoms with Crippen molar-refractivity contribution in [2.45, 2.75) is 87.0 Å². The molecule has 0 amide bonds. The average Bonchev–Trinajstić information content (AvgIpc) is 3.31. The molecule has 7 fully saturated rings. The summed E-state index contributed by atoms with van der Waals surface area (Å²) in [6, 6.07) is 0. The quantitative estimate of drug-likeness (QED) is 0.447. The highest BCUT2D eigenvalue weighted by Gasteiger charge is 2.73.